The van der Waals surface area contributed by atoms with Gasteiger partial charge in [0, 0.05) is 17.6 Å². The van der Waals surface area contributed by atoms with Crippen LogP contribution in [0.1, 0.15) is 19.8 Å². The van der Waals surface area contributed by atoms with E-state index >= 15 is 0 Å². The highest BCUT2D eigenvalue weighted by molar-refractivity contribution is 5.88. The molecule has 1 aliphatic heterocycles. The second kappa shape index (κ2) is 6.76. The average molecular weight is 252 g/mol. The number of rotatable bonds is 7. The van der Waals surface area contributed by atoms with Gasteiger partial charge in [-0.3, -0.25) is 0 Å². The number of carboxylic acids is 1. The normalized spacial score (nSPS) is 18.7. The molecule has 0 aromatic heterocycles. The van der Waals surface area contributed by atoms with Crippen LogP contribution < -0.4 is 0 Å². The van der Waals surface area contributed by atoms with Crippen molar-refractivity contribution in [1.29, 1.82) is 0 Å². The maximum Gasteiger partial charge on any atom is 0.338 e. The van der Waals surface area contributed by atoms with Crippen LogP contribution >= 0.6 is 0 Å². The zero-order chi connectivity index (χ0) is 13.5. The Bertz CT molecular complexity index is 402. The summed E-state index contributed by atoms with van der Waals surface area (Å²) in [6.07, 6.45) is 5.32. The summed E-state index contributed by atoms with van der Waals surface area (Å²) in [5.74, 6) is -1.45. The minimum atomic E-state index is -0.960. The lowest BCUT2D eigenvalue weighted by Gasteiger charge is -2.00. The van der Waals surface area contributed by atoms with Crippen molar-refractivity contribution in [3.8, 4) is 0 Å². The molecule has 0 radical (unpaired) electrons. The molecule has 1 N–H and O–H groups in total. The lowest BCUT2D eigenvalue weighted by molar-refractivity contribution is -0.134. The van der Waals surface area contributed by atoms with E-state index in [0.29, 0.717) is 25.0 Å². The van der Waals surface area contributed by atoms with Gasteiger partial charge in [0.1, 0.15) is 0 Å². The Morgan fingerprint density at radius 1 is 1.56 bits per heavy atom. The van der Waals surface area contributed by atoms with Crippen LogP contribution in [-0.4, -0.2) is 29.8 Å². The molecule has 1 heterocycles. The van der Waals surface area contributed by atoms with Crippen LogP contribution in [0.25, 0.3) is 0 Å². The van der Waals surface area contributed by atoms with Crippen molar-refractivity contribution in [2.24, 2.45) is 0 Å². The number of epoxide rings is 1. The van der Waals surface area contributed by atoms with E-state index in [9.17, 15) is 9.59 Å². The minimum Gasteiger partial charge on any atom is -0.478 e. The van der Waals surface area contributed by atoms with E-state index in [2.05, 4.69) is 6.58 Å². The zero-order valence-electron chi connectivity index (χ0n) is 10.2. The molecular formula is C13H16O5. The fourth-order valence-electron chi connectivity index (χ4n) is 1.12. The molecule has 1 fully saturated rings. The Kier molecular flexibility index (Phi) is 5.32. The van der Waals surface area contributed by atoms with Crippen LogP contribution in [0.4, 0.5) is 0 Å². The molecule has 1 rings (SSSR count). The summed E-state index contributed by atoms with van der Waals surface area (Å²) in [6, 6.07) is 0. The van der Waals surface area contributed by atoms with Gasteiger partial charge in [0.05, 0.1) is 19.0 Å². The van der Waals surface area contributed by atoms with E-state index in [4.69, 9.17) is 14.6 Å². The lowest BCUT2D eigenvalue weighted by atomic mass is 10.2. The molecule has 0 saturated carbocycles. The van der Waals surface area contributed by atoms with Crippen LogP contribution in [0.5, 0.6) is 0 Å². The molecule has 0 spiro atoms. The van der Waals surface area contributed by atoms with Crippen molar-refractivity contribution in [2.75, 3.05) is 6.61 Å². The highest BCUT2D eigenvalue weighted by Gasteiger charge is 2.25. The second-order valence-electron chi connectivity index (χ2n) is 3.97. The first kappa shape index (κ1) is 14.2. The van der Waals surface area contributed by atoms with Gasteiger partial charge in [0.15, 0.2) is 0 Å². The van der Waals surface area contributed by atoms with E-state index in [0.717, 1.165) is 0 Å². The first-order valence-electron chi connectivity index (χ1n) is 5.56. The third kappa shape index (κ3) is 5.45. The largest absolute Gasteiger partial charge is 0.478 e. The smallest absolute Gasteiger partial charge is 0.338 e. The number of carboxylic acid groups (broad SMARTS) is 1. The van der Waals surface area contributed by atoms with E-state index < -0.39 is 11.9 Å². The fourth-order valence-corrected chi connectivity index (χ4v) is 1.12. The van der Waals surface area contributed by atoms with Crippen molar-refractivity contribution in [1.82, 2.24) is 0 Å². The predicted octanol–water partition coefficient (Wildman–Crippen LogP) is 1.81. The number of hydrogen-bond donors (Lipinski definition) is 1. The van der Waals surface area contributed by atoms with Crippen molar-refractivity contribution >= 4 is 11.9 Å². The van der Waals surface area contributed by atoms with Crippen molar-refractivity contribution < 1.29 is 24.2 Å². The Morgan fingerprint density at radius 3 is 2.78 bits per heavy atom. The molecule has 1 unspecified atom stereocenters. The first-order valence-corrected chi connectivity index (χ1v) is 5.56. The highest BCUT2D eigenvalue weighted by atomic mass is 16.6. The van der Waals surface area contributed by atoms with Crippen LogP contribution in [0.15, 0.2) is 36.1 Å². The Labute approximate surface area is 105 Å². The Morgan fingerprint density at radius 2 is 2.22 bits per heavy atom. The van der Waals surface area contributed by atoms with Gasteiger partial charge in [-0.1, -0.05) is 12.7 Å². The van der Waals surface area contributed by atoms with Gasteiger partial charge in [-0.05, 0) is 19.4 Å². The van der Waals surface area contributed by atoms with Gasteiger partial charge < -0.3 is 14.6 Å². The van der Waals surface area contributed by atoms with Gasteiger partial charge in [0.25, 0.3) is 0 Å². The molecule has 0 amide bonds. The molecule has 0 bridgehead atoms. The Hall–Kier alpha value is -1.88. The molecule has 18 heavy (non-hydrogen) atoms. The standard InChI is InChI=1S/C13H16O5/c1-9(12(14)15)5-3-4-6-17-13(16)10(2)7-11-8-18-11/h4-6,11H,2-3,7-8H2,1H3,(H,14,15). The van der Waals surface area contributed by atoms with Crippen LogP contribution in [0.3, 0.4) is 0 Å². The van der Waals surface area contributed by atoms with Gasteiger partial charge in [-0.15, -0.1) is 0 Å². The summed E-state index contributed by atoms with van der Waals surface area (Å²) in [5.41, 5.74) is 0.626. The molecule has 1 atom stereocenters. The molecule has 1 saturated heterocycles. The van der Waals surface area contributed by atoms with E-state index in [1.807, 2.05) is 0 Å². The molecule has 1 aliphatic rings. The lowest BCUT2D eigenvalue weighted by Crippen LogP contribution is -2.05. The molecule has 98 valence electrons. The van der Waals surface area contributed by atoms with Crippen molar-refractivity contribution in [3.05, 3.63) is 36.1 Å². The number of hydrogen-bond acceptors (Lipinski definition) is 4. The number of carbonyl (C=O) groups is 2. The van der Waals surface area contributed by atoms with Gasteiger partial charge >= 0.3 is 11.9 Å². The van der Waals surface area contributed by atoms with Crippen LogP contribution in [0.2, 0.25) is 0 Å². The number of esters is 1. The molecule has 0 aromatic rings. The van der Waals surface area contributed by atoms with E-state index in [1.165, 1.54) is 19.3 Å². The number of carbonyl (C=O) groups excluding carboxylic acids is 1. The van der Waals surface area contributed by atoms with Crippen LogP contribution in [0, 0.1) is 0 Å². The highest BCUT2D eigenvalue weighted by Crippen LogP contribution is 2.18. The SMILES string of the molecule is C=C(CC1CO1)C(=O)OC=CCC=C(C)C(=O)O. The summed E-state index contributed by atoms with van der Waals surface area (Å²) in [4.78, 5) is 21.8. The quantitative estimate of drug-likeness (QED) is 0.323. The van der Waals surface area contributed by atoms with E-state index in [-0.39, 0.29) is 11.7 Å². The molecule has 0 aliphatic carbocycles. The van der Waals surface area contributed by atoms with Crippen molar-refractivity contribution in [3.63, 3.8) is 0 Å². The minimum absolute atomic E-state index is 0.107. The maximum atomic E-state index is 11.4. The first-order chi connectivity index (χ1) is 8.50. The third-order valence-electron chi connectivity index (χ3n) is 2.33. The summed E-state index contributed by atoms with van der Waals surface area (Å²) in [5, 5.41) is 8.59. The summed E-state index contributed by atoms with van der Waals surface area (Å²) >= 11 is 0. The van der Waals surface area contributed by atoms with Crippen LogP contribution in [-0.2, 0) is 19.1 Å². The molecular weight excluding hydrogens is 236 g/mol. The van der Waals surface area contributed by atoms with Gasteiger partial charge in [-0.2, -0.15) is 0 Å². The van der Waals surface area contributed by atoms with Gasteiger partial charge in [0.2, 0.25) is 0 Å². The molecule has 5 heteroatoms. The molecule has 5 nitrogen and oxygen atoms in total. The zero-order valence-corrected chi connectivity index (χ0v) is 10.2. The van der Waals surface area contributed by atoms with Crippen molar-refractivity contribution in [2.45, 2.75) is 25.9 Å². The summed E-state index contributed by atoms with van der Waals surface area (Å²) < 4.78 is 9.79. The Balaban J connectivity index is 2.22. The predicted molar refractivity (Wildman–Crippen MR) is 64.7 cm³/mol. The fraction of sp³-hybridized carbons (Fsp3) is 0.385. The number of aliphatic carboxylic acids is 1. The summed E-state index contributed by atoms with van der Waals surface area (Å²) in [6.45, 7) is 5.77. The number of ether oxygens (including phenoxy) is 2. The van der Waals surface area contributed by atoms with Gasteiger partial charge in [-0.25, -0.2) is 9.59 Å². The molecule has 0 aromatic carbocycles. The monoisotopic (exact) mass is 252 g/mol. The number of allylic oxidation sites excluding steroid dienone is 2. The van der Waals surface area contributed by atoms with E-state index in [1.54, 1.807) is 6.08 Å². The summed E-state index contributed by atoms with van der Waals surface area (Å²) in [7, 11) is 0. The second-order valence-corrected chi connectivity index (χ2v) is 3.97. The third-order valence-corrected chi connectivity index (χ3v) is 2.33. The topological polar surface area (TPSA) is 76.1 Å². The average Bonchev–Trinajstić information content (AvgIpc) is 3.11. The maximum absolute atomic E-state index is 11.4.